The van der Waals surface area contributed by atoms with Crippen molar-refractivity contribution in [1.29, 1.82) is 0 Å². The number of nitrogens with one attached hydrogen (secondary N) is 8. The lowest BCUT2D eigenvalue weighted by Crippen LogP contribution is -2.65. The largest absolute Gasteiger partial charge is 0.508 e. The molecule has 0 bridgehead atoms. The molecule has 122 heavy (non-hydrogen) atoms. The lowest BCUT2D eigenvalue weighted by atomic mass is 9.98. The van der Waals surface area contributed by atoms with E-state index in [4.69, 9.17) is 56.2 Å². The van der Waals surface area contributed by atoms with Crippen LogP contribution in [0.4, 0.5) is 0 Å². The lowest BCUT2D eigenvalue weighted by molar-refractivity contribution is -0.349. The van der Waals surface area contributed by atoms with Crippen molar-refractivity contribution < 1.29 is 172 Å². The predicted molar refractivity (Wildman–Crippen MR) is 414 cm³/mol. The van der Waals surface area contributed by atoms with Gasteiger partial charge in [0.1, 0.15) is 127 Å². The molecule has 4 aliphatic rings. The average molecular weight is 1770 g/mol. The third-order valence-electron chi connectivity index (χ3n) is 20.7. The molecule has 1 aromatic rings. The fourth-order valence-corrected chi connectivity index (χ4v) is 13.9. The number of aliphatic carboxylic acids is 1. The summed E-state index contributed by atoms with van der Waals surface area (Å²) in [5, 5.41) is 181. The Morgan fingerprint density at radius 2 is 1.25 bits per heavy atom. The fourth-order valence-electron chi connectivity index (χ4n) is 13.5. The van der Waals surface area contributed by atoms with E-state index >= 15 is 9.59 Å². The number of aromatic hydroxyl groups is 1. The third-order valence-corrected chi connectivity index (χ3v) is 21.1. The molecule has 4 saturated heterocycles. The maximum atomic E-state index is 15.2. The highest BCUT2D eigenvalue weighted by Crippen LogP contribution is 2.31. The Kier molecular flexibility index (Phi) is 42.4. The quantitative estimate of drug-likeness (QED) is 0.0128. The number of alkyl halides is 1. The summed E-state index contributed by atoms with van der Waals surface area (Å²) in [6.07, 6.45) is -38.8. The number of likely N-dealkylation sites (N-methyl/N-ethyl adjacent to an activating group) is 1. The van der Waals surface area contributed by atoms with E-state index in [-0.39, 0.29) is 29.5 Å². The first-order valence-corrected chi connectivity index (χ1v) is 40.3. The Morgan fingerprint density at radius 3 is 1.83 bits per heavy atom. The number of allylic oxidation sites excluding steroid dienone is 1. The number of phenols is 1. The summed E-state index contributed by atoms with van der Waals surface area (Å²) in [6, 6.07) is -11.5. The summed E-state index contributed by atoms with van der Waals surface area (Å²) in [6.45, 7) is 4.07. The Labute approximate surface area is 705 Å². The summed E-state index contributed by atoms with van der Waals surface area (Å²) in [5.41, 5.74) is 9.95. The number of primary amides is 2. The van der Waals surface area contributed by atoms with Gasteiger partial charge in [-0.25, -0.2) is 9.59 Å². The third kappa shape index (κ3) is 30.1. The number of cyclic esters (lactones) is 1. The monoisotopic (exact) mass is 1770 g/mol. The predicted octanol–water partition coefficient (Wildman–Crippen LogP) is -9.24. The van der Waals surface area contributed by atoms with Crippen LogP contribution in [0.25, 0.3) is 0 Å². The molecule has 4 fully saturated rings. The van der Waals surface area contributed by atoms with Gasteiger partial charge in [-0.05, 0) is 84.4 Å². The number of amides is 11. The molecule has 4 heterocycles. The molecular formula is C75H118ClN11O35. The zero-order valence-corrected chi connectivity index (χ0v) is 69.0. The minimum atomic E-state index is -2.51. The van der Waals surface area contributed by atoms with Gasteiger partial charge in [-0.15, -0.1) is 11.6 Å². The number of rotatable bonds is 36. The molecule has 1 aromatic carbocycles. The number of phenolic OH excluding ortho intramolecular Hbond substituents is 1. The van der Waals surface area contributed by atoms with Crippen LogP contribution in [0.3, 0.4) is 0 Å². The van der Waals surface area contributed by atoms with Crippen molar-refractivity contribution in [1.82, 2.24) is 47.4 Å². The molecule has 27 N–H and O–H groups in total. The van der Waals surface area contributed by atoms with Gasteiger partial charge in [0.05, 0.1) is 44.2 Å². The minimum Gasteiger partial charge on any atom is -0.508 e. The summed E-state index contributed by atoms with van der Waals surface area (Å²) < 4.78 is 39.5. The van der Waals surface area contributed by atoms with E-state index in [2.05, 4.69) is 42.5 Å². The molecule has 13 unspecified atom stereocenters. The number of carboxylic acid groups (broad SMARTS) is 1. The van der Waals surface area contributed by atoms with E-state index in [1.807, 2.05) is 6.92 Å². The van der Waals surface area contributed by atoms with Crippen LogP contribution in [-0.4, -0.2) is 356 Å². The summed E-state index contributed by atoms with van der Waals surface area (Å²) in [7, 11) is 0.929. The highest BCUT2D eigenvalue weighted by atomic mass is 35.5. The zero-order chi connectivity index (χ0) is 91.4. The van der Waals surface area contributed by atoms with E-state index in [0.29, 0.717) is 17.7 Å². The summed E-state index contributed by atoms with van der Waals surface area (Å²) in [5.74, 6) is -19.1. The molecule has 46 nitrogen and oxygen atoms in total. The maximum absolute atomic E-state index is 15.2. The number of unbranched alkanes of at least 4 members (excludes halogenated alkanes) is 6. The first-order chi connectivity index (χ1) is 57.4. The second-order valence-electron chi connectivity index (χ2n) is 30.3. The molecule has 0 saturated carbocycles. The Morgan fingerprint density at radius 1 is 0.672 bits per heavy atom. The van der Waals surface area contributed by atoms with Gasteiger partial charge in [0.25, 0.3) is 11.8 Å². The number of nitrogens with two attached hydrogens (primary N) is 2. The lowest BCUT2D eigenvalue weighted by Gasteiger charge is -2.44. The van der Waals surface area contributed by atoms with Crippen molar-refractivity contribution in [2.24, 2.45) is 11.5 Å². The normalized spacial score (nSPS) is 31.5. The molecule has 690 valence electrons. The van der Waals surface area contributed by atoms with Gasteiger partial charge < -0.3 is 169 Å². The number of aliphatic hydroxyl groups is 13. The second kappa shape index (κ2) is 49.8. The molecule has 47 heteroatoms. The van der Waals surface area contributed by atoms with Gasteiger partial charge in [0.15, 0.2) is 31.1 Å². The number of halogens is 1. The van der Waals surface area contributed by atoms with E-state index < -0.39 is 299 Å². The number of carbonyl (C=O) groups is 13. The number of hydrogen-bond acceptors (Lipinski definition) is 34. The van der Waals surface area contributed by atoms with Crippen LogP contribution in [0.2, 0.25) is 0 Å². The Hall–Kier alpha value is -8.60. The molecule has 0 radical (unpaired) electrons. The zero-order valence-electron chi connectivity index (χ0n) is 68.2. The van der Waals surface area contributed by atoms with Crippen LogP contribution in [0.5, 0.6) is 5.75 Å². The summed E-state index contributed by atoms with van der Waals surface area (Å²) in [4.78, 5) is 184. The number of hydrogen-bond donors (Lipinski definition) is 25. The SMILES string of the molecule is C/C=C1\NC(=O)C(C(O)c2ccc(O)cc2)NC(=O)C(C(C)O)NC(=O)C(NC(=O)C(NC(=O)C(O)C(CCCCCCCCCC(Cl)CCC)O[C@@H]2OC[C@@H](O)[C@@H](O[C@H]3O[C@@H](C(=O)O)[C@@H](O)[C@@H](O)[C@@H]3O)[C@@H]2O)C(C)O)C(C)OC(=O)[C@@H](CCC(N)=O)NC(=O)C(C(C)O[C@H]2O[C@@H](CO)[C@H](O)[C@@H](O)[C@H]2O)N(C)C(=O)CNC(=O)[C@H](CCC(N)=O)NC1=O. The van der Waals surface area contributed by atoms with Crippen molar-refractivity contribution >= 4 is 88.5 Å². The molecule has 4 aliphatic heterocycles. The standard InChI is InChI=1S/C75H118ClN11O35/c1-8-17-36(76)18-15-13-11-10-12-14-16-19-42(119-73-60(104)61(41(92)30-116-73)121-75-59(103)56(100)57(101)62(122-75)71(113)114)54(98)70(112)84-48(32(4)90)65(107)85-49-33(5)117-72(115)40(25-27-45(78)94)82-69(111)51(34(6)118-74-58(102)55(99)53(97)43(29-88)120-74)87(7)46(95)28-79-63(105)39(24-26-44(77)93)81-64(106)38(9-2)80-68(110)50(52(96)35-20-22-37(91)23-21-35)86-66(108)47(31(3)89)83-67(49)109/h9,20-23,31-34,36,39-43,47-62,73-75,88-92,96-104H,8,10-19,24-30H2,1-7H3,(H2,77,93)(H2,78,94)(H,79,105)(H,80,110)(H,81,106)(H,82,111)(H,83,109)(H,84,112)(H,85,107)(H,86,108)(H,113,114)/b38-9-/t31?,32?,33?,34?,36?,39-,40+,41+,42?,43-,47?,48?,49?,50?,51?,52?,53-,54?,55+,56+,57-,58+,59-,60-,61+,62+,73-,74-,75-/m0/s1. The van der Waals surface area contributed by atoms with Crippen LogP contribution < -0.4 is 54.0 Å². The molecule has 0 aromatic heterocycles. The fraction of sp³-hybridized carbons (Fsp3) is 0.720. The minimum absolute atomic E-state index is 0.0238. The van der Waals surface area contributed by atoms with Crippen LogP contribution in [-0.2, 0) is 95.5 Å². The molecule has 0 aliphatic carbocycles. The topological polar surface area (TPSA) is 741 Å². The molecule has 29 atom stereocenters. The van der Waals surface area contributed by atoms with Crippen molar-refractivity contribution in [3.8, 4) is 5.75 Å². The van der Waals surface area contributed by atoms with Crippen LogP contribution in [0, 0.1) is 0 Å². The van der Waals surface area contributed by atoms with E-state index in [1.165, 1.54) is 6.92 Å². The van der Waals surface area contributed by atoms with Crippen molar-refractivity contribution in [3.63, 3.8) is 0 Å². The maximum Gasteiger partial charge on any atom is 0.335 e. The van der Waals surface area contributed by atoms with Crippen molar-refractivity contribution in [2.45, 2.75) is 314 Å². The summed E-state index contributed by atoms with van der Waals surface area (Å²) >= 11 is 6.40. The molecule has 5 rings (SSSR count). The number of esters is 1. The van der Waals surface area contributed by atoms with Gasteiger partial charge in [-0.2, -0.15) is 0 Å². The number of carboxylic acids is 1. The van der Waals surface area contributed by atoms with Gasteiger partial charge >= 0.3 is 11.9 Å². The van der Waals surface area contributed by atoms with Crippen molar-refractivity contribution in [3.05, 3.63) is 41.6 Å². The highest BCUT2D eigenvalue weighted by molar-refractivity contribution is 6.20. The van der Waals surface area contributed by atoms with Crippen LogP contribution in [0.1, 0.15) is 150 Å². The van der Waals surface area contributed by atoms with Crippen LogP contribution >= 0.6 is 11.6 Å². The number of aliphatic hydroxyl groups excluding tert-OH is 13. The number of benzene rings is 1. The van der Waals surface area contributed by atoms with E-state index in [9.17, 15) is 129 Å². The molecular weight excluding hydrogens is 1650 g/mol. The van der Waals surface area contributed by atoms with Crippen molar-refractivity contribution in [2.75, 3.05) is 26.8 Å². The average Bonchev–Trinajstić information content (AvgIpc) is 0.798. The smallest absolute Gasteiger partial charge is 0.335 e. The van der Waals surface area contributed by atoms with Gasteiger partial charge in [-0.3, -0.25) is 52.7 Å². The van der Waals surface area contributed by atoms with E-state index in [1.54, 1.807) is 0 Å². The van der Waals surface area contributed by atoms with Gasteiger partial charge in [0.2, 0.25) is 53.2 Å². The number of nitrogens with zero attached hydrogens (tertiary/aromatic N) is 1. The Bertz CT molecular complexity index is 3690. The first kappa shape index (κ1) is 104. The van der Waals surface area contributed by atoms with E-state index in [0.717, 1.165) is 110 Å². The Balaban J connectivity index is 1.62. The van der Waals surface area contributed by atoms with Crippen LogP contribution in [0.15, 0.2) is 36.0 Å². The first-order valence-electron chi connectivity index (χ1n) is 39.8. The number of ether oxygens (including phenoxy) is 7. The second-order valence-corrected chi connectivity index (χ2v) is 30.9. The number of carbonyl (C=O) groups excluding carboxylic acids is 12. The molecule has 0 spiro atoms. The molecule has 11 amide bonds. The van der Waals surface area contributed by atoms with Gasteiger partial charge in [0, 0.05) is 25.3 Å². The van der Waals surface area contributed by atoms with Gasteiger partial charge in [-0.1, -0.05) is 76.5 Å². The highest BCUT2D eigenvalue weighted by Gasteiger charge is 2.53.